The third-order valence-electron chi connectivity index (χ3n) is 11.0. The van der Waals surface area contributed by atoms with Gasteiger partial charge in [0.15, 0.2) is 5.84 Å². The molecule has 0 spiro atoms. The maximum atomic E-state index is 5.44. The van der Waals surface area contributed by atoms with Crippen LogP contribution in [0.5, 0.6) is 0 Å². The van der Waals surface area contributed by atoms with Gasteiger partial charge in [0.05, 0.1) is 11.0 Å². The van der Waals surface area contributed by atoms with Crippen molar-refractivity contribution in [3.05, 3.63) is 211 Å². The fourth-order valence-electron chi connectivity index (χ4n) is 8.58. The highest BCUT2D eigenvalue weighted by molar-refractivity contribution is 6.37. The van der Waals surface area contributed by atoms with Crippen LogP contribution in [0.15, 0.2) is 204 Å². The van der Waals surface area contributed by atoms with Gasteiger partial charge in [-0.2, -0.15) is 0 Å². The van der Waals surface area contributed by atoms with E-state index in [1.807, 2.05) is 6.07 Å². The van der Waals surface area contributed by atoms with Crippen molar-refractivity contribution < 1.29 is 0 Å². The maximum absolute atomic E-state index is 5.44. The summed E-state index contributed by atoms with van der Waals surface area (Å²) in [5.74, 6) is 1.51. The summed E-state index contributed by atoms with van der Waals surface area (Å²) in [5.41, 5.74) is 8.97. The lowest BCUT2D eigenvalue weighted by Gasteiger charge is -2.26. The fourth-order valence-corrected chi connectivity index (χ4v) is 8.58. The zero-order chi connectivity index (χ0) is 36.3. The SMILES string of the molecule is c1ccc(C2=NC(c3cccc(-c4ccccc4)c3)=NC(c3cc4c5ccccc5c5c(c6ccccc6n5-c5ccccc5)c4c4ccccc34)N2)cc1. The summed E-state index contributed by atoms with van der Waals surface area (Å²) in [5, 5.41) is 13.6. The largest absolute Gasteiger partial charge is 0.344 e. The predicted octanol–water partition coefficient (Wildman–Crippen LogP) is 12.4. The molecule has 1 N–H and O–H groups in total. The molecule has 0 fully saturated rings. The highest BCUT2D eigenvalue weighted by Gasteiger charge is 2.26. The first-order valence-corrected chi connectivity index (χ1v) is 18.8. The average Bonchev–Trinajstić information content (AvgIpc) is 3.62. The predicted molar refractivity (Wildman–Crippen MR) is 231 cm³/mol. The van der Waals surface area contributed by atoms with Crippen molar-refractivity contribution in [2.75, 3.05) is 0 Å². The number of hydrogen-bond acceptors (Lipinski definition) is 3. The van der Waals surface area contributed by atoms with Gasteiger partial charge in [0, 0.05) is 43.9 Å². The molecule has 2 heterocycles. The van der Waals surface area contributed by atoms with Crippen LogP contribution in [0.25, 0.3) is 70.9 Å². The Morgan fingerprint density at radius 3 is 1.76 bits per heavy atom. The van der Waals surface area contributed by atoms with Gasteiger partial charge in [-0.25, -0.2) is 9.98 Å². The lowest BCUT2D eigenvalue weighted by atomic mass is 9.89. The van der Waals surface area contributed by atoms with Gasteiger partial charge < -0.3 is 9.88 Å². The number of aliphatic imine (C=N–C) groups is 2. The second-order valence-corrected chi connectivity index (χ2v) is 14.2. The Morgan fingerprint density at radius 1 is 0.418 bits per heavy atom. The molecule has 4 nitrogen and oxygen atoms in total. The molecule has 0 amide bonds. The smallest absolute Gasteiger partial charge is 0.159 e. The molecule has 10 aromatic rings. The molecule has 258 valence electrons. The van der Waals surface area contributed by atoms with Crippen molar-refractivity contribution >= 4 is 65.8 Å². The number of hydrogen-bond donors (Lipinski definition) is 1. The number of benzene rings is 9. The first-order valence-electron chi connectivity index (χ1n) is 18.8. The Kier molecular flexibility index (Phi) is 7.20. The summed E-state index contributed by atoms with van der Waals surface area (Å²) in [6, 6.07) is 69.1. The van der Waals surface area contributed by atoms with E-state index in [0.717, 1.165) is 44.7 Å². The Labute approximate surface area is 318 Å². The Morgan fingerprint density at radius 2 is 1.00 bits per heavy atom. The lowest BCUT2D eigenvalue weighted by Crippen LogP contribution is -2.33. The average molecular weight is 703 g/mol. The van der Waals surface area contributed by atoms with Crippen LogP contribution >= 0.6 is 0 Å². The minimum absolute atomic E-state index is 0.391. The molecule has 55 heavy (non-hydrogen) atoms. The summed E-state index contributed by atoms with van der Waals surface area (Å²) >= 11 is 0. The third kappa shape index (κ3) is 5.07. The van der Waals surface area contributed by atoms with E-state index in [1.165, 1.54) is 48.7 Å². The molecule has 0 saturated heterocycles. The minimum atomic E-state index is -0.391. The van der Waals surface area contributed by atoms with Gasteiger partial charge in [-0.15, -0.1) is 0 Å². The van der Waals surface area contributed by atoms with Crippen molar-refractivity contribution in [3.63, 3.8) is 0 Å². The molecule has 1 aliphatic rings. The lowest BCUT2D eigenvalue weighted by molar-refractivity contribution is 0.680. The van der Waals surface area contributed by atoms with Gasteiger partial charge in [-0.05, 0) is 63.0 Å². The van der Waals surface area contributed by atoms with Gasteiger partial charge in [0.1, 0.15) is 12.0 Å². The second kappa shape index (κ2) is 12.7. The molecular formula is C51H34N4. The van der Waals surface area contributed by atoms with E-state index in [4.69, 9.17) is 9.98 Å². The first kappa shape index (κ1) is 31.2. The maximum Gasteiger partial charge on any atom is 0.159 e. The Hall–Kier alpha value is -7.30. The summed E-state index contributed by atoms with van der Waals surface area (Å²) in [6.07, 6.45) is -0.391. The number of para-hydroxylation sites is 2. The van der Waals surface area contributed by atoms with Crippen molar-refractivity contribution in [2.24, 2.45) is 9.98 Å². The first-order chi connectivity index (χ1) is 27.3. The molecule has 9 aromatic carbocycles. The molecule has 1 aromatic heterocycles. The van der Waals surface area contributed by atoms with Gasteiger partial charge in [0.25, 0.3) is 0 Å². The highest BCUT2D eigenvalue weighted by Crippen LogP contribution is 2.46. The summed E-state index contributed by atoms with van der Waals surface area (Å²) in [4.78, 5) is 10.6. The number of amidine groups is 2. The van der Waals surface area contributed by atoms with Crippen LogP contribution in [0.1, 0.15) is 22.9 Å². The zero-order valence-corrected chi connectivity index (χ0v) is 29.9. The molecule has 1 aliphatic heterocycles. The zero-order valence-electron chi connectivity index (χ0n) is 29.9. The Bertz CT molecular complexity index is 3160. The monoisotopic (exact) mass is 702 g/mol. The summed E-state index contributed by atoms with van der Waals surface area (Å²) < 4.78 is 2.44. The standard InChI is InChI=1S/C51H34N4/c1-4-17-33(18-5-1)35-21-16-22-36(31-35)50-52-49(34-19-6-2-7-20-34)53-51(54-50)44-32-43-39-26-11-13-28-41(39)48-47(46(43)40-27-12-10-25-38(40)44)42-29-14-15-30-45(42)55(48)37-23-8-3-9-24-37/h1-32,51H,(H,52,53,54). The van der Waals surface area contributed by atoms with E-state index in [0.29, 0.717) is 5.84 Å². The van der Waals surface area contributed by atoms with E-state index in [1.54, 1.807) is 0 Å². The van der Waals surface area contributed by atoms with Gasteiger partial charge >= 0.3 is 0 Å². The van der Waals surface area contributed by atoms with E-state index < -0.39 is 6.17 Å². The second-order valence-electron chi connectivity index (χ2n) is 14.2. The van der Waals surface area contributed by atoms with Crippen LogP contribution in [-0.4, -0.2) is 16.2 Å². The number of fused-ring (bicyclic) bond motifs is 10. The van der Waals surface area contributed by atoms with Crippen molar-refractivity contribution in [2.45, 2.75) is 6.17 Å². The van der Waals surface area contributed by atoms with Crippen molar-refractivity contribution in [1.82, 2.24) is 9.88 Å². The van der Waals surface area contributed by atoms with E-state index >= 15 is 0 Å². The van der Waals surface area contributed by atoms with Gasteiger partial charge in [-0.3, -0.25) is 0 Å². The molecule has 1 unspecified atom stereocenters. The molecule has 0 radical (unpaired) electrons. The molecule has 11 rings (SSSR count). The molecule has 4 heteroatoms. The summed E-state index contributed by atoms with van der Waals surface area (Å²) in [6.45, 7) is 0. The van der Waals surface area contributed by atoms with Crippen LogP contribution < -0.4 is 5.32 Å². The van der Waals surface area contributed by atoms with Crippen LogP contribution in [-0.2, 0) is 0 Å². The molecule has 0 aliphatic carbocycles. The normalized spacial score (nSPS) is 14.4. The molecule has 0 bridgehead atoms. The van der Waals surface area contributed by atoms with E-state index in [2.05, 4.69) is 198 Å². The molecule has 0 saturated carbocycles. The van der Waals surface area contributed by atoms with Gasteiger partial charge in [-0.1, -0.05) is 164 Å². The van der Waals surface area contributed by atoms with Crippen LogP contribution in [0.3, 0.4) is 0 Å². The highest BCUT2D eigenvalue weighted by atomic mass is 15.2. The van der Waals surface area contributed by atoms with Gasteiger partial charge in [0.2, 0.25) is 0 Å². The van der Waals surface area contributed by atoms with Crippen LogP contribution in [0.4, 0.5) is 0 Å². The fraction of sp³-hybridized carbons (Fsp3) is 0.0196. The molecular weight excluding hydrogens is 669 g/mol. The van der Waals surface area contributed by atoms with Crippen molar-refractivity contribution in [1.29, 1.82) is 0 Å². The molecule has 1 atom stereocenters. The minimum Gasteiger partial charge on any atom is -0.344 e. The number of aromatic nitrogens is 1. The Balaban J connectivity index is 1.21. The quantitative estimate of drug-likeness (QED) is 0.178. The summed E-state index contributed by atoms with van der Waals surface area (Å²) in [7, 11) is 0. The van der Waals surface area contributed by atoms with Crippen molar-refractivity contribution in [3.8, 4) is 16.8 Å². The van der Waals surface area contributed by atoms with Crippen LogP contribution in [0.2, 0.25) is 0 Å². The number of nitrogens with one attached hydrogen (secondary N) is 1. The van der Waals surface area contributed by atoms with E-state index in [9.17, 15) is 0 Å². The topological polar surface area (TPSA) is 41.7 Å². The third-order valence-corrected chi connectivity index (χ3v) is 11.0. The number of nitrogens with zero attached hydrogens (tertiary/aromatic N) is 3. The number of rotatable bonds is 5. The van der Waals surface area contributed by atoms with Crippen LogP contribution in [0, 0.1) is 0 Å². The van der Waals surface area contributed by atoms with E-state index in [-0.39, 0.29) is 0 Å².